The summed E-state index contributed by atoms with van der Waals surface area (Å²) in [7, 11) is 0. The van der Waals surface area contributed by atoms with E-state index in [-0.39, 0.29) is 49.8 Å². The van der Waals surface area contributed by atoms with E-state index >= 15 is 0 Å². The van der Waals surface area contributed by atoms with Crippen LogP contribution >= 0.6 is 0 Å². The second kappa shape index (κ2) is 11.6. The van der Waals surface area contributed by atoms with Crippen LogP contribution in [0.4, 0.5) is 0 Å². The normalized spacial score (nSPS) is 13.4. The van der Waals surface area contributed by atoms with Gasteiger partial charge in [-0.3, -0.25) is 0 Å². The Morgan fingerprint density at radius 2 is 1.00 bits per heavy atom. The molecule has 0 saturated carbocycles. The number of fused-ring (bicyclic) bond motifs is 5. The molecule has 1 aliphatic rings. The predicted octanol–water partition coefficient (Wildman–Crippen LogP) is 7.40. The summed E-state index contributed by atoms with van der Waals surface area (Å²) in [5.41, 5.74) is 5.16. The molecule has 0 spiro atoms. The van der Waals surface area contributed by atoms with Crippen molar-refractivity contribution < 1.29 is 0 Å². The lowest BCUT2D eigenvalue weighted by Gasteiger charge is -2.12. The summed E-state index contributed by atoms with van der Waals surface area (Å²) in [5, 5.41) is 31.7. The Hall–Kier alpha value is -7.88. The van der Waals surface area contributed by atoms with Crippen molar-refractivity contribution in [2.24, 2.45) is 0 Å². The highest BCUT2D eigenvalue weighted by Gasteiger charge is 2.31. The van der Waals surface area contributed by atoms with Crippen molar-refractivity contribution in [1.82, 2.24) is 9.97 Å². The molecule has 0 aliphatic heterocycles. The summed E-state index contributed by atoms with van der Waals surface area (Å²) in [6.45, 7) is 23.6. The molecule has 5 aromatic carbocycles. The molecule has 0 amide bonds. The van der Waals surface area contributed by atoms with Crippen LogP contribution in [-0.2, 0) is 0 Å². The fourth-order valence-electron chi connectivity index (χ4n) is 6.21. The van der Waals surface area contributed by atoms with E-state index in [9.17, 15) is 15.8 Å². The smallest absolute Gasteiger partial charge is 0.246 e. The van der Waals surface area contributed by atoms with Gasteiger partial charge in [0.1, 0.15) is 0 Å². The predicted molar refractivity (Wildman–Crippen MR) is 182 cm³/mol. The maximum atomic E-state index is 10.2. The van der Waals surface area contributed by atoms with Crippen LogP contribution in [0.15, 0.2) is 103 Å². The molecule has 0 unspecified atom stereocenters. The maximum Gasteiger partial charge on any atom is 0.271 e. The highest BCUT2D eigenvalue weighted by molar-refractivity contribution is 6.07. The number of benzene rings is 5. The molecule has 1 heterocycles. The molecule has 0 radical (unpaired) electrons. The lowest BCUT2D eigenvalue weighted by molar-refractivity contribution is 1.26. The Morgan fingerprint density at radius 3 is 1.54 bits per heavy atom. The molecule has 48 heavy (non-hydrogen) atoms. The largest absolute Gasteiger partial charge is 0.271 e. The van der Waals surface area contributed by atoms with Gasteiger partial charge in [0.15, 0.2) is 0 Å². The van der Waals surface area contributed by atoms with Gasteiger partial charge in [-0.05, 0) is 50.7 Å². The van der Waals surface area contributed by atoms with Gasteiger partial charge < -0.3 is 0 Å². The van der Waals surface area contributed by atoms with Gasteiger partial charge in [-0.1, -0.05) is 84.9 Å². The third-order valence-corrected chi connectivity index (χ3v) is 8.29. The quantitative estimate of drug-likeness (QED) is 0.115. The second-order valence-corrected chi connectivity index (χ2v) is 10.7. The first-order valence-electron chi connectivity index (χ1n) is 14.5. The third-order valence-electron chi connectivity index (χ3n) is 8.29. The number of hydrogen-bond donors (Lipinski definition) is 0. The van der Waals surface area contributed by atoms with Crippen LogP contribution in [0, 0.1) is 53.7 Å². The first kappa shape index (κ1) is 28.9. The van der Waals surface area contributed by atoms with Crippen molar-refractivity contribution in [2.75, 3.05) is 0 Å². The molecule has 0 fully saturated rings. The van der Waals surface area contributed by atoms with Gasteiger partial charge in [0.25, 0.3) is 17.1 Å². The van der Waals surface area contributed by atoms with E-state index in [0.29, 0.717) is 27.6 Å². The van der Waals surface area contributed by atoms with Gasteiger partial charge in [0.05, 0.1) is 60.3 Å². The Balaban J connectivity index is 1.72. The third kappa shape index (κ3) is 4.33. The first-order chi connectivity index (χ1) is 23.6. The molecular weight excluding hydrogens is 592 g/mol. The Bertz CT molecular complexity index is 2780. The van der Waals surface area contributed by atoms with Crippen molar-refractivity contribution in [3.8, 4) is 51.7 Å². The maximum absolute atomic E-state index is 10.2. The minimum absolute atomic E-state index is 0.114. The van der Waals surface area contributed by atoms with E-state index in [1.54, 1.807) is 6.07 Å². The van der Waals surface area contributed by atoms with E-state index in [4.69, 9.17) is 29.7 Å². The molecule has 1 aromatic heterocycles. The summed E-state index contributed by atoms with van der Waals surface area (Å²) in [6.07, 6.45) is 0. The number of nitrogens with zero attached hydrogens (tertiary/aromatic N) is 8. The average molecular weight is 609 g/mol. The SMILES string of the molecule is [C-]#[N+]/C(C#N)=c1/c2ccc(-c3ccccc3)cc2/c(=C(\C#N)[N+]#[C-])c2nc3c(nc12)/C(=C(\C#N)[N+]#[C-])c1cc(-c2ccccc2)ccc1-3. The minimum Gasteiger partial charge on any atom is -0.246 e. The zero-order valence-corrected chi connectivity index (χ0v) is 24.8. The Labute approximate surface area is 274 Å². The van der Waals surface area contributed by atoms with Crippen LogP contribution in [0.25, 0.3) is 86.8 Å². The highest BCUT2D eigenvalue weighted by Crippen LogP contribution is 2.46. The van der Waals surface area contributed by atoms with Gasteiger partial charge in [-0.15, -0.1) is 0 Å². The topological polar surface area (TPSA) is 110 Å². The molecule has 0 atom stereocenters. The van der Waals surface area contributed by atoms with E-state index in [2.05, 4.69) is 14.5 Å². The molecule has 0 N–H and O–H groups in total. The highest BCUT2D eigenvalue weighted by atomic mass is 14.9. The molecule has 0 saturated heterocycles. The Kier molecular flexibility index (Phi) is 6.95. The number of allylic oxidation sites excluding steroid dienone is 1. The molecular formula is C40H16N8. The summed E-state index contributed by atoms with van der Waals surface area (Å²) in [4.78, 5) is 20.6. The monoisotopic (exact) mass is 608 g/mol. The van der Waals surface area contributed by atoms with Crippen molar-refractivity contribution >= 4 is 38.8 Å². The summed E-state index contributed by atoms with van der Waals surface area (Å²) >= 11 is 0. The fraction of sp³-hybridized carbons (Fsp3) is 0. The standard InChI is InChI=1S/C40H16N8/c1-44-31(20-41)34-27-16-14-25(23-10-6-4-7-11-23)18-29(27)35(32(21-42)45-2)40-39(34)48-38-36(33(22-43)46-3)30-19-26(24-12-8-5-9-13-24)15-17-28(30)37(38)47-40/h4-19H/b34-31-,35-32-,36-33+. The van der Waals surface area contributed by atoms with E-state index in [1.807, 2.05) is 109 Å². The van der Waals surface area contributed by atoms with E-state index < -0.39 is 0 Å². The van der Waals surface area contributed by atoms with Gasteiger partial charge >= 0.3 is 0 Å². The second-order valence-electron chi connectivity index (χ2n) is 10.7. The van der Waals surface area contributed by atoms with E-state index in [0.717, 1.165) is 22.3 Å². The van der Waals surface area contributed by atoms with Crippen LogP contribution in [0.1, 0.15) is 11.3 Å². The molecule has 1 aliphatic carbocycles. The van der Waals surface area contributed by atoms with Crippen LogP contribution in [0.3, 0.4) is 0 Å². The number of aromatic nitrogens is 2. The fourth-order valence-corrected chi connectivity index (χ4v) is 6.21. The summed E-state index contributed by atoms with van der Waals surface area (Å²) in [6, 6.07) is 36.3. The Morgan fingerprint density at radius 1 is 0.500 bits per heavy atom. The van der Waals surface area contributed by atoms with E-state index in [1.165, 1.54) is 0 Å². The van der Waals surface area contributed by atoms with Crippen molar-refractivity contribution in [3.63, 3.8) is 0 Å². The molecule has 8 heteroatoms. The van der Waals surface area contributed by atoms with Gasteiger partial charge in [0, 0.05) is 21.6 Å². The van der Waals surface area contributed by atoms with Crippen molar-refractivity contribution in [3.05, 3.63) is 159 Å². The van der Waals surface area contributed by atoms with Gasteiger partial charge in [-0.25, -0.2) is 40.3 Å². The summed E-state index contributed by atoms with van der Waals surface area (Å²) < 4.78 is 0. The molecule has 7 rings (SSSR count). The molecule has 8 nitrogen and oxygen atoms in total. The number of rotatable bonds is 2. The number of nitriles is 3. The van der Waals surface area contributed by atoms with Crippen LogP contribution in [-0.4, -0.2) is 9.97 Å². The van der Waals surface area contributed by atoms with Crippen LogP contribution in [0.5, 0.6) is 0 Å². The van der Waals surface area contributed by atoms with Gasteiger partial charge in [-0.2, -0.15) is 0 Å². The number of hydrogen-bond acceptors (Lipinski definition) is 5. The average Bonchev–Trinajstić information content (AvgIpc) is 3.45. The zero-order chi connectivity index (χ0) is 33.4. The molecule has 216 valence electrons. The van der Waals surface area contributed by atoms with Crippen molar-refractivity contribution in [2.45, 2.75) is 0 Å². The van der Waals surface area contributed by atoms with Crippen LogP contribution < -0.4 is 10.4 Å². The lowest BCUT2D eigenvalue weighted by atomic mass is 9.96. The minimum atomic E-state index is -0.252. The zero-order valence-electron chi connectivity index (χ0n) is 24.8. The first-order valence-corrected chi connectivity index (χ1v) is 14.5. The lowest BCUT2D eigenvalue weighted by Crippen LogP contribution is -2.21. The summed E-state index contributed by atoms with van der Waals surface area (Å²) in [5.74, 6) is 0. The van der Waals surface area contributed by atoms with Crippen LogP contribution in [0.2, 0.25) is 0 Å². The molecule has 0 bridgehead atoms. The van der Waals surface area contributed by atoms with Crippen molar-refractivity contribution in [1.29, 1.82) is 15.8 Å². The van der Waals surface area contributed by atoms with Gasteiger partial charge in [0.2, 0.25) is 0 Å². The molecule has 6 aromatic rings.